The second kappa shape index (κ2) is 5.84. The van der Waals surface area contributed by atoms with E-state index >= 15 is 0 Å². The summed E-state index contributed by atoms with van der Waals surface area (Å²) in [5.41, 5.74) is 7.53. The Morgan fingerprint density at radius 1 is 1.28 bits per heavy atom. The molecule has 0 atom stereocenters. The van der Waals surface area contributed by atoms with E-state index in [0.717, 1.165) is 16.6 Å². The highest BCUT2D eigenvalue weighted by Gasteiger charge is 2.11. The van der Waals surface area contributed by atoms with Crippen molar-refractivity contribution in [2.24, 2.45) is 0 Å². The summed E-state index contributed by atoms with van der Waals surface area (Å²) in [4.78, 5) is 0. The molecule has 0 aliphatic rings. The molecule has 0 radical (unpaired) electrons. The lowest BCUT2D eigenvalue weighted by atomic mass is 10.2. The van der Waals surface area contributed by atoms with Gasteiger partial charge < -0.3 is 15.2 Å². The Morgan fingerprint density at radius 3 is 2.67 bits per heavy atom. The van der Waals surface area contributed by atoms with E-state index in [-0.39, 0.29) is 6.29 Å². The van der Waals surface area contributed by atoms with Gasteiger partial charge in [-0.05, 0) is 32.0 Å². The molecular weight excluding hydrogens is 230 g/mol. The van der Waals surface area contributed by atoms with Gasteiger partial charge in [0.25, 0.3) is 0 Å². The number of nitrogens with zero attached hydrogens (tertiary/aromatic N) is 2. The molecule has 1 heterocycles. The molecule has 0 fully saturated rings. The Kier molecular flexibility index (Phi) is 4.17. The van der Waals surface area contributed by atoms with E-state index in [9.17, 15) is 0 Å². The van der Waals surface area contributed by atoms with Crippen molar-refractivity contribution in [2.45, 2.75) is 26.7 Å². The second-order valence-corrected chi connectivity index (χ2v) is 3.99. The highest BCUT2D eigenvalue weighted by atomic mass is 16.7. The van der Waals surface area contributed by atoms with Crippen LogP contribution in [0.1, 0.15) is 13.8 Å². The van der Waals surface area contributed by atoms with E-state index in [4.69, 9.17) is 15.2 Å². The molecule has 0 amide bonds. The molecule has 1 aromatic heterocycles. The van der Waals surface area contributed by atoms with Crippen LogP contribution in [0.3, 0.4) is 0 Å². The van der Waals surface area contributed by atoms with Crippen molar-refractivity contribution in [2.75, 3.05) is 18.9 Å². The fourth-order valence-corrected chi connectivity index (χ4v) is 1.90. The maximum Gasteiger partial charge on any atom is 0.176 e. The standard InChI is InChI=1S/C13H19N3O2/c1-3-17-13(18-4-2)9-16-12-7-11(14)6-5-10(12)8-15-16/h5-8,13H,3-4,9,14H2,1-2H3. The van der Waals surface area contributed by atoms with Crippen molar-refractivity contribution in [3.8, 4) is 0 Å². The number of benzene rings is 1. The number of ether oxygens (including phenoxy) is 2. The van der Waals surface area contributed by atoms with Gasteiger partial charge in [-0.2, -0.15) is 5.10 Å². The lowest BCUT2D eigenvalue weighted by molar-refractivity contribution is -0.144. The minimum absolute atomic E-state index is 0.274. The lowest BCUT2D eigenvalue weighted by Crippen LogP contribution is -2.24. The van der Waals surface area contributed by atoms with E-state index in [1.165, 1.54) is 0 Å². The number of nitrogen functional groups attached to an aromatic ring is 1. The minimum Gasteiger partial charge on any atom is -0.399 e. The minimum atomic E-state index is -0.274. The fraction of sp³-hybridized carbons (Fsp3) is 0.462. The third kappa shape index (κ3) is 2.80. The van der Waals surface area contributed by atoms with E-state index in [1.807, 2.05) is 42.9 Å². The van der Waals surface area contributed by atoms with Crippen LogP contribution in [0.4, 0.5) is 5.69 Å². The predicted octanol–water partition coefficient (Wildman–Crippen LogP) is 2.02. The average Bonchev–Trinajstić information content (AvgIpc) is 2.73. The van der Waals surface area contributed by atoms with Gasteiger partial charge >= 0.3 is 0 Å². The number of fused-ring (bicyclic) bond motifs is 1. The molecule has 0 saturated carbocycles. The molecule has 98 valence electrons. The molecule has 2 aromatic rings. The SMILES string of the molecule is CCOC(Cn1ncc2ccc(N)cc21)OCC. The first-order valence-electron chi connectivity index (χ1n) is 6.18. The molecule has 0 saturated heterocycles. The number of nitrogens with two attached hydrogens (primary N) is 1. The van der Waals surface area contributed by atoms with Crippen LogP contribution in [-0.2, 0) is 16.0 Å². The molecule has 0 spiro atoms. The van der Waals surface area contributed by atoms with E-state index < -0.39 is 0 Å². The van der Waals surface area contributed by atoms with Gasteiger partial charge in [-0.3, -0.25) is 4.68 Å². The van der Waals surface area contributed by atoms with Crippen molar-refractivity contribution in [3.05, 3.63) is 24.4 Å². The Hall–Kier alpha value is -1.59. The van der Waals surface area contributed by atoms with Gasteiger partial charge in [-0.1, -0.05) is 0 Å². The molecule has 5 nitrogen and oxygen atoms in total. The summed E-state index contributed by atoms with van der Waals surface area (Å²) in [6.45, 7) is 5.70. The zero-order valence-corrected chi connectivity index (χ0v) is 10.8. The third-order valence-electron chi connectivity index (χ3n) is 2.70. The smallest absolute Gasteiger partial charge is 0.176 e. The number of hydrogen-bond donors (Lipinski definition) is 1. The largest absolute Gasteiger partial charge is 0.399 e. The number of anilines is 1. The summed E-state index contributed by atoms with van der Waals surface area (Å²) >= 11 is 0. The van der Waals surface area contributed by atoms with Crippen molar-refractivity contribution in [1.29, 1.82) is 0 Å². The summed E-state index contributed by atoms with van der Waals surface area (Å²) in [5.74, 6) is 0. The second-order valence-electron chi connectivity index (χ2n) is 3.99. The van der Waals surface area contributed by atoms with Crippen LogP contribution < -0.4 is 5.73 Å². The van der Waals surface area contributed by atoms with Crippen molar-refractivity contribution >= 4 is 16.6 Å². The van der Waals surface area contributed by atoms with E-state index in [0.29, 0.717) is 19.8 Å². The maximum atomic E-state index is 5.80. The van der Waals surface area contributed by atoms with Crippen molar-refractivity contribution in [1.82, 2.24) is 9.78 Å². The Labute approximate surface area is 106 Å². The molecule has 0 aliphatic heterocycles. The van der Waals surface area contributed by atoms with Crippen LogP contribution >= 0.6 is 0 Å². The molecule has 0 unspecified atom stereocenters. The topological polar surface area (TPSA) is 62.3 Å². The first kappa shape index (κ1) is 12.9. The van der Waals surface area contributed by atoms with Crippen LogP contribution in [0.15, 0.2) is 24.4 Å². The predicted molar refractivity (Wildman–Crippen MR) is 71.2 cm³/mol. The van der Waals surface area contributed by atoms with Gasteiger partial charge in [0.15, 0.2) is 6.29 Å². The van der Waals surface area contributed by atoms with Gasteiger partial charge in [0.05, 0.1) is 18.3 Å². The highest BCUT2D eigenvalue weighted by molar-refractivity contribution is 5.81. The summed E-state index contributed by atoms with van der Waals surface area (Å²) < 4.78 is 12.9. The first-order valence-corrected chi connectivity index (χ1v) is 6.18. The molecule has 0 bridgehead atoms. The monoisotopic (exact) mass is 249 g/mol. The number of hydrogen-bond acceptors (Lipinski definition) is 4. The number of aromatic nitrogens is 2. The first-order chi connectivity index (χ1) is 8.74. The van der Waals surface area contributed by atoms with Crippen LogP contribution in [0.2, 0.25) is 0 Å². The number of rotatable bonds is 6. The zero-order chi connectivity index (χ0) is 13.0. The molecule has 5 heteroatoms. The van der Waals surface area contributed by atoms with E-state index in [1.54, 1.807) is 0 Å². The summed E-state index contributed by atoms with van der Waals surface area (Å²) in [6, 6.07) is 5.75. The van der Waals surface area contributed by atoms with Gasteiger partial charge in [-0.25, -0.2) is 0 Å². The molecule has 18 heavy (non-hydrogen) atoms. The van der Waals surface area contributed by atoms with Crippen LogP contribution in [-0.4, -0.2) is 29.3 Å². The van der Waals surface area contributed by atoms with Gasteiger partial charge in [0, 0.05) is 24.3 Å². The molecule has 1 aromatic carbocycles. The lowest BCUT2D eigenvalue weighted by Gasteiger charge is -2.17. The van der Waals surface area contributed by atoms with Gasteiger partial charge in [-0.15, -0.1) is 0 Å². The molecule has 2 rings (SSSR count). The third-order valence-corrected chi connectivity index (χ3v) is 2.70. The van der Waals surface area contributed by atoms with Gasteiger partial charge in [0.1, 0.15) is 0 Å². The van der Waals surface area contributed by atoms with Crippen LogP contribution in [0.25, 0.3) is 10.9 Å². The Balaban J connectivity index is 2.21. The Bertz CT molecular complexity index is 504. The summed E-state index contributed by atoms with van der Waals surface area (Å²) in [5, 5.41) is 5.41. The zero-order valence-electron chi connectivity index (χ0n) is 10.8. The molecular formula is C13H19N3O2. The highest BCUT2D eigenvalue weighted by Crippen LogP contribution is 2.17. The quantitative estimate of drug-likeness (QED) is 0.628. The van der Waals surface area contributed by atoms with Crippen molar-refractivity contribution in [3.63, 3.8) is 0 Å². The van der Waals surface area contributed by atoms with Crippen LogP contribution in [0, 0.1) is 0 Å². The van der Waals surface area contributed by atoms with Gasteiger partial charge in [0.2, 0.25) is 0 Å². The summed E-state index contributed by atoms with van der Waals surface area (Å²) in [7, 11) is 0. The average molecular weight is 249 g/mol. The van der Waals surface area contributed by atoms with Crippen molar-refractivity contribution < 1.29 is 9.47 Å². The maximum absolute atomic E-state index is 5.80. The Morgan fingerprint density at radius 2 is 2.00 bits per heavy atom. The fourth-order valence-electron chi connectivity index (χ4n) is 1.90. The molecule has 0 aliphatic carbocycles. The summed E-state index contributed by atoms with van der Waals surface area (Å²) in [6.07, 6.45) is 1.55. The molecule has 2 N–H and O–H groups in total. The normalized spacial score (nSPS) is 11.5. The van der Waals surface area contributed by atoms with Crippen LogP contribution in [0.5, 0.6) is 0 Å². The van der Waals surface area contributed by atoms with E-state index in [2.05, 4.69) is 5.10 Å².